The van der Waals surface area contributed by atoms with Crippen LogP contribution in [0.15, 0.2) is 18.5 Å². The van der Waals surface area contributed by atoms with Crippen LogP contribution in [-0.2, 0) is 4.74 Å². The summed E-state index contributed by atoms with van der Waals surface area (Å²) in [6, 6.07) is -0.0546. The van der Waals surface area contributed by atoms with Gasteiger partial charge in [0.05, 0.1) is 18.3 Å². The fraction of sp³-hybridized carbons (Fsp3) is 0.375. The van der Waals surface area contributed by atoms with Gasteiger partial charge in [0.1, 0.15) is 12.6 Å². The Morgan fingerprint density at radius 2 is 2.07 bits per heavy atom. The summed E-state index contributed by atoms with van der Waals surface area (Å²) in [6.45, 7) is 3.07. The average Bonchev–Trinajstić information content (AvgIpc) is 3.00. The number of aliphatic hydroxyl groups excluding tert-OH is 1. The molecule has 1 unspecified atom stereocenters. The molecule has 1 fully saturated rings. The molecule has 2 aromatic rings. The fourth-order valence-corrected chi connectivity index (χ4v) is 2.68. The van der Waals surface area contributed by atoms with E-state index in [2.05, 4.69) is 20.3 Å². The molecule has 0 radical (unpaired) electrons. The van der Waals surface area contributed by atoms with Crippen molar-refractivity contribution in [2.24, 2.45) is 0 Å². The van der Waals surface area contributed by atoms with Gasteiger partial charge in [-0.05, 0) is 25.5 Å². The van der Waals surface area contributed by atoms with Gasteiger partial charge in [-0.2, -0.15) is 4.98 Å². The van der Waals surface area contributed by atoms with E-state index in [0.717, 1.165) is 11.1 Å². The first-order valence-electron chi connectivity index (χ1n) is 8.02. The van der Waals surface area contributed by atoms with Crippen LogP contribution in [0, 0.1) is 11.6 Å². The quantitative estimate of drug-likeness (QED) is 0.745. The SMILES string of the molecule is C[C@H](Nc1ncc(F)c(N2C(=O)OCC2[C@@H](C)O)n1)c1cnc(Cl)c(F)c1. The number of cyclic esters (lactones) is 1. The maximum atomic E-state index is 14.2. The predicted molar refractivity (Wildman–Crippen MR) is 92.5 cm³/mol. The van der Waals surface area contributed by atoms with Gasteiger partial charge in [-0.25, -0.2) is 28.4 Å². The monoisotopic (exact) mass is 399 g/mol. The number of carbonyl (C=O) groups is 1. The van der Waals surface area contributed by atoms with Crippen molar-refractivity contribution >= 4 is 29.5 Å². The van der Waals surface area contributed by atoms with E-state index in [0.29, 0.717) is 5.56 Å². The van der Waals surface area contributed by atoms with Crippen molar-refractivity contribution < 1.29 is 23.4 Å². The van der Waals surface area contributed by atoms with Crippen molar-refractivity contribution in [1.82, 2.24) is 15.0 Å². The lowest BCUT2D eigenvalue weighted by atomic mass is 10.1. The summed E-state index contributed by atoms with van der Waals surface area (Å²) < 4.78 is 32.7. The van der Waals surface area contributed by atoms with Gasteiger partial charge in [-0.1, -0.05) is 11.6 Å². The van der Waals surface area contributed by atoms with E-state index in [1.165, 1.54) is 19.2 Å². The first-order chi connectivity index (χ1) is 12.8. The van der Waals surface area contributed by atoms with Crippen LogP contribution in [0.25, 0.3) is 0 Å². The van der Waals surface area contributed by atoms with Crippen molar-refractivity contribution in [3.05, 3.63) is 40.8 Å². The molecular weight excluding hydrogens is 384 g/mol. The number of aromatic nitrogens is 3. The molecule has 27 heavy (non-hydrogen) atoms. The largest absolute Gasteiger partial charge is 0.447 e. The molecule has 0 spiro atoms. The number of nitrogens with one attached hydrogen (secondary N) is 1. The lowest BCUT2D eigenvalue weighted by Crippen LogP contribution is -2.42. The van der Waals surface area contributed by atoms with E-state index >= 15 is 0 Å². The van der Waals surface area contributed by atoms with Crippen LogP contribution >= 0.6 is 11.6 Å². The highest BCUT2D eigenvalue weighted by Gasteiger charge is 2.39. The second-order valence-electron chi connectivity index (χ2n) is 6.03. The van der Waals surface area contributed by atoms with Gasteiger partial charge >= 0.3 is 6.09 Å². The maximum Gasteiger partial charge on any atom is 0.416 e. The smallest absolute Gasteiger partial charge is 0.416 e. The number of pyridine rings is 1. The number of rotatable bonds is 5. The highest BCUT2D eigenvalue weighted by molar-refractivity contribution is 6.29. The highest BCUT2D eigenvalue weighted by Crippen LogP contribution is 2.27. The Labute approximate surface area is 158 Å². The zero-order valence-electron chi connectivity index (χ0n) is 14.4. The van der Waals surface area contributed by atoms with Gasteiger partial charge in [-0.3, -0.25) is 0 Å². The van der Waals surface area contributed by atoms with Gasteiger partial charge in [-0.15, -0.1) is 0 Å². The van der Waals surface area contributed by atoms with Crippen LogP contribution in [0.4, 0.5) is 25.3 Å². The van der Waals surface area contributed by atoms with Gasteiger partial charge in [0.2, 0.25) is 5.95 Å². The van der Waals surface area contributed by atoms with Crippen molar-refractivity contribution in [1.29, 1.82) is 0 Å². The van der Waals surface area contributed by atoms with Crippen LogP contribution in [0.1, 0.15) is 25.5 Å². The summed E-state index contributed by atoms with van der Waals surface area (Å²) in [5.74, 6) is -1.85. The van der Waals surface area contributed by atoms with Gasteiger partial charge in [0, 0.05) is 6.20 Å². The first-order valence-corrected chi connectivity index (χ1v) is 8.39. The van der Waals surface area contributed by atoms with E-state index in [-0.39, 0.29) is 23.5 Å². The summed E-state index contributed by atoms with van der Waals surface area (Å²) in [7, 11) is 0. The molecular formula is C16H16ClF2N5O3. The van der Waals surface area contributed by atoms with E-state index in [9.17, 15) is 18.7 Å². The minimum atomic E-state index is -0.954. The van der Waals surface area contributed by atoms with E-state index < -0.39 is 35.9 Å². The number of carbonyl (C=O) groups excluding carboxylic acids is 1. The van der Waals surface area contributed by atoms with Crippen LogP contribution in [0.5, 0.6) is 0 Å². The number of hydrogen-bond acceptors (Lipinski definition) is 7. The van der Waals surface area contributed by atoms with Crippen LogP contribution in [0.2, 0.25) is 5.15 Å². The molecule has 2 aromatic heterocycles. The Morgan fingerprint density at radius 3 is 2.74 bits per heavy atom. The number of amides is 1. The van der Waals surface area contributed by atoms with E-state index in [1.54, 1.807) is 6.92 Å². The lowest BCUT2D eigenvalue weighted by molar-refractivity contribution is 0.142. The number of aliphatic hydroxyl groups is 1. The zero-order valence-corrected chi connectivity index (χ0v) is 15.1. The van der Waals surface area contributed by atoms with E-state index in [1.807, 2.05) is 0 Å². The molecule has 0 aliphatic carbocycles. The zero-order chi connectivity index (χ0) is 19.7. The molecule has 1 aliphatic rings. The molecule has 3 heterocycles. The van der Waals surface area contributed by atoms with Crippen molar-refractivity contribution in [3.63, 3.8) is 0 Å². The molecule has 8 nitrogen and oxygen atoms in total. The molecule has 3 atom stereocenters. The summed E-state index contributed by atoms with van der Waals surface area (Å²) >= 11 is 5.57. The van der Waals surface area contributed by atoms with Crippen molar-refractivity contribution in [2.45, 2.75) is 32.0 Å². The van der Waals surface area contributed by atoms with E-state index in [4.69, 9.17) is 16.3 Å². The molecule has 0 saturated carbocycles. The number of ether oxygens (including phenoxy) is 1. The number of halogens is 3. The summed E-state index contributed by atoms with van der Waals surface area (Å²) in [5.41, 5.74) is 0.466. The first kappa shape index (κ1) is 19.2. The fourth-order valence-electron chi connectivity index (χ4n) is 2.58. The van der Waals surface area contributed by atoms with Crippen LogP contribution in [-0.4, -0.2) is 44.9 Å². The molecule has 11 heteroatoms. The molecule has 1 saturated heterocycles. The lowest BCUT2D eigenvalue weighted by Gasteiger charge is -2.23. The van der Waals surface area contributed by atoms with Gasteiger partial charge in [0.25, 0.3) is 0 Å². The third-order valence-corrected chi connectivity index (χ3v) is 4.36. The number of nitrogens with zero attached hydrogens (tertiary/aromatic N) is 4. The Hall–Kier alpha value is -2.59. The summed E-state index contributed by atoms with van der Waals surface area (Å²) in [5, 5.41) is 12.4. The molecule has 1 aliphatic heterocycles. The van der Waals surface area contributed by atoms with Crippen molar-refractivity contribution in [3.8, 4) is 0 Å². The second kappa shape index (κ2) is 7.57. The Bertz CT molecular complexity index is 870. The molecule has 2 N–H and O–H groups in total. The highest BCUT2D eigenvalue weighted by atomic mass is 35.5. The minimum absolute atomic E-state index is 0.00157. The number of hydrogen-bond donors (Lipinski definition) is 2. The van der Waals surface area contributed by atoms with Crippen molar-refractivity contribution in [2.75, 3.05) is 16.8 Å². The molecule has 1 amide bonds. The Kier molecular flexibility index (Phi) is 5.38. The second-order valence-corrected chi connectivity index (χ2v) is 6.39. The standard InChI is InChI=1S/C16H16ClF2N5O3/c1-7(9-3-10(18)13(17)20-4-9)22-15-21-5-11(19)14(23-15)24-12(8(2)25)6-27-16(24)26/h3-5,7-8,12,25H,6H2,1-2H3,(H,21,22,23)/t7-,8+,12?/m0/s1. The minimum Gasteiger partial charge on any atom is -0.447 e. The third-order valence-electron chi connectivity index (χ3n) is 4.08. The molecule has 3 rings (SSSR count). The predicted octanol–water partition coefficient (Wildman–Crippen LogP) is 2.68. The third kappa shape index (κ3) is 3.91. The molecule has 144 valence electrons. The van der Waals surface area contributed by atoms with Gasteiger partial charge < -0.3 is 15.2 Å². The van der Waals surface area contributed by atoms with Crippen LogP contribution in [0.3, 0.4) is 0 Å². The van der Waals surface area contributed by atoms with Crippen LogP contribution < -0.4 is 10.2 Å². The maximum absolute atomic E-state index is 14.2. The topological polar surface area (TPSA) is 100 Å². The molecule has 0 bridgehead atoms. The number of anilines is 2. The Balaban J connectivity index is 1.86. The molecule has 0 aromatic carbocycles. The summed E-state index contributed by atoms with van der Waals surface area (Å²) in [6.07, 6.45) is 0.503. The summed E-state index contributed by atoms with van der Waals surface area (Å²) in [4.78, 5) is 24.5. The normalized spacial score (nSPS) is 19.0. The average molecular weight is 400 g/mol. The van der Waals surface area contributed by atoms with Gasteiger partial charge in [0.15, 0.2) is 22.6 Å². The Morgan fingerprint density at radius 1 is 1.33 bits per heavy atom.